The molecule has 1 unspecified atom stereocenters. The number of amides is 2. The molecule has 4 aromatic rings. The van der Waals surface area contributed by atoms with Crippen molar-refractivity contribution in [1.82, 2.24) is 29.7 Å². The zero-order valence-corrected chi connectivity index (χ0v) is 31.1. The van der Waals surface area contributed by atoms with Crippen molar-refractivity contribution in [3.8, 4) is 34.0 Å². The van der Waals surface area contributed by atoms with Gasteiger partial charge in [-0.3, -0.25) is 9.80 Å². The largest absolute Gasteiger partial charge is 0.488 e. The molecule has 4 aliphatic heterocycles. The van der Waals surface area contributed by atoms with Crippen LogP contribution in [-0.4, -0.2) is 78.9 Å². The summed E-state index contributed by atoms with van der Waals surface area (Å²) in [6.07, 6.45) is 6.74. The van der Waals surface area contributed by atoms with Gasteiger partial charge in [-0.1, -0.05) is 24.3 Å². The first kappa shape index (κ1) is 33.6. The van der Waals surface area contributed by atoms with Gasteiger partial charge in [0.25, 0.3) is 0 Å². The Morgan fingerprint density at radius 1 is 0.755 bits per heavy atom. The number of carbonyl (C=O) groups is 2. The molecule has 5 aliphatic rings. The third-order valence-electron chi connectivity index (χ3n) is 10.8. The van der Waals surface area contributed by atoms with Crippen LogP contribution < -0.4 is 9.47 Å². The van der Waals surface area contributed by atoms with Crippen LogP contribution >= 0.6 is 0 Å². The Kier molecular flexibility index (Phi) is 7.69. The van der Waals surface area contributed by atoms with Crippen LogP contribution in [0.25, 0.3) is 33.7 Å². The number of likely N-dealkylation sites (tertiary alicyclic amines) is 2. The molecule has 4 atom stereocenters. The Morgan fingerprint density at radius 3 is 1.87 bits per heavy atom. The molecule has 2 aromatic heterocycles. The molecule has 276 valence electrons. The van der Waals surface area contributed by atoms with E-state index in [2.05, 4.69) is 45.3 Å². The van der Waals surface area contributed by atoms with Crippen LogP contribution in [0, 0.1) is 5.92 Å². The molecular weight excluding hydrogens is 672 g/mol. The topological polar surface area (TPSA) is 135 Å². The number of carbonyl (C=O) groups excluding carboxylic acids is 2. The van der Waals surface area contributed by atoms with Crippen molar-refractivity contribution in [2.24, 2.45) is 5.92 Å². The number of aromatic amines is 2. The number of aromatic nitrogens is 4. The molecule has 6 heterocycles. The molecule has 2 saturated heterocycles. The first-order valence-electron chi connectivity index (χ1n) is 18.7. The highest BCUT2D eigenvalue weighted by Gasteiger charge is 2.56. The van der Waals surface area contributed by atoms with Crippen LogP contribution in [-0.2, 0) is 9.47 Å². The smallest absolute Gasteiger partial charge is 0.411 e. The third kappa shape index (κ3) is 6.21. The molecule has 53 heavy (non-hydrogen) atoms. The lowest BCUT2D eigenvalue weighted by atomic mass is 9.89. The number of fused-ring (bicyclic) bond motifs is 5. The van der Waals surface area contributed by atoms with E-state index in [9.17, 15) is 9.59 Å². The number of hydrogen-bond acceptors (Lipinski definition) is 8. The number of rotatable bonds is 4. The SMILES string of the molecule is CC(C)(C)OC(=O)N1CCC[C@H]1c1ncc(-c2ccc3c(c2)OCC2=C3COc3cc(-c4cnc([C@@H]5C[C@H]6CC6N5C(=O)OC(C)(C)C)[nH]4)ccc32)[nH]1. The number of imidazole rings is 2. The van der Waals surface area contributed by atoms with Crippen molar-refractivity contribution >= 4 is 23.3 Å². The molecule has 2 aromatic carbocycles. The summed E-state index contributed by atoms with van der Waals surface area (Å²) in [6, 6.07) is 12.4. The van der Waals surface area contributed by atoms with Gasteiger partial charge < -0.3 is 28.9 Å². The van der Waals surface area contributed by atoms with Gasteiger partial charge >= 0.3 is 12.2 Å². The van der Waals surface area contributed by atoms with Crippen LogP contribution in [0.1, 0.15) is 102 Å². The number of benzene rings is 2. The van der Waals surface area contributed by atoms with Crippen LogP contribution in [0.3, 0.4) is 0 Å². The zero-order chi connectivity index (χ0) is 36.8. The van der Waals surface area contributed by atoms with Crippen molar-refractivity contribution in [2.45, 2.75) is 96.6 Å². The quantitative estimate of drug-likeness (QED) is 0.215. The summed E-state index contributed by atoms with van der Waals surface area (Å²) in [7, 11) is 0. The molecule has 1 saturated carbocycles. The maximum absolute atomic E-state index is 13.1. The molecule has 0 spiro atoms. The van der Waals surface area contributed by atoms with Crippen molar-refractivity contribution in [1.29, 1.82) is 0 Å². The molecular formula is C41H46N6O6. The average molecular weight is 719 g/mol. The minimum atomic E-state index is -0.555. The van der Waals surface area contributed by atoms with Gasteiger partial charge in [-0.25, -0.2) is 19.6 Å². The lowest BCUT2D eigenvalue weighted by Gasteiger charge is -2.30. The van der Waals surface area contributed by atoms with E-state index in [0.29, 0.717) is 25.7 Å². The number of hydrogen-bond donors (Lipinski definition) is 2. The summed E-state index contributed by atoms with van der Waals surface area (Å²) in [6.45, 7) is 12.9. The maximum Gasteiger partial charge on any atom is 0.411 e. The van der Waals surface area contributed by atoms with Crippen molar-refractivity contribution in [3.05, 3.63) is 71.6 Å². The average Bonchev–Trinajstić information content (AvgIpc) is 3.65. The molecule has 12 nitrogen and oxygen atoms in total. The molecule has 1 aliphatic carbocycles. The van der Waals surface area contributed by atoms with Crippen molar-refractivity contribution in [3.63, 3.8) is 0 Å². The van der Waals surface area contributed by atoms with Crippen LogP contribution in [0.4, 0.5) is 9.59 Å². The van der Waals surface area contributed by atoms with Crippen molar-refractivity contribution in [2.75, 3.05) is 19.8 Å². The van der Waals surface area contributed by atoms with Gasteiger partial charge in [0.15, 0.2) is 0 Å². The minimum absolute atomic E-state index is 0.124. The van der Waals surface area contributed by atoms with Gasteiger partial charge in [0.05, 0.1) is 35.9 Å². The van der Waals surface area contributed by atoms with Crippen LogP contribution in [0.15, 0.2) is 48.8 Å². The molecule has 2 amide bonds. The Labute approximate surface area is 308 Å². The Hall–Kier alpha value is -5.26. The highest BCUT2D eigenvalue weighted by Crippen LogP contribution is 2.53. The molecule has 12 heteroatoms. The predicted octanol–water partition coefficient (Wildman–Crippen LogP) is 8.30. The van der Waals surface area contributed by atoms with E-state index in [1.54, 1.807) is 4.90 Å². The second-order valence-corrected chi connectivity index (χ2v) is 16.9. The maximum atomic E-state index is 13.1. The first-order chi connectivity index (χ1) is 25.3. The fourth-order valence-electron chi connectivity index (χ4n) is 8.25. The van der Waals surface area contributed by atoms with E-state index in [1.807, 2.05) is 64.9 Å². The van der Waals surface area contributed by atoms with Crippen LogP contribution in [0.5, 0.6) is 11.5 Å². The summed E-state index contributed by atoms with van der Waals surface area (Å²) >= 11 is 0. The summed E-state index contributed by atoms with van der Waals surface area (Å²) in [5, 5.41) is 0. The molecule has 2 N–H and O–H groups in total. The fraction of sp³-hybridized carbons (Fsp3) is 0.463. The van der Waals surface area contributed by atoms with E-state index >= 15 is 0 Å². The van der Waals surface area contributed by atoms with E-state index in [-0.39, 0.29) is 30.3 Å². The summed E-state index contributed by atoms with van der Waals surface area (Å²) in [4.78, 5) is 46.0. The van der Waals surface area contributed by atoms with Gasteiger partial charge in [-0.05, 0) is 85.3 Å². The normalized spacial score (nSPS) is 23.1. The van der Waals surface area contributed by atoms with Gasteiger partial charge in [-0.15, -0.1) is 0 Å². The number of ether oxygens (including phenoxy) is 4. The van der Waals surface area contributed by atoms with E-state index < -0.39 is 11.2 Å². The molecule has 9 rings (SSSR count). The monoisotopic (exact) mass is 718 g/mol. The van der Waals surface area contributed by atoms with Crippen LogP contribution in [0.2, 0.25) is 0 Å². The summed E-state index contributed by atoms with van der Waals surface area (Å²) in [5.74, 6) is 3.65. The summed E-state index contributed by atoms with van der Waals surface area (Å²) < 4.78 is 24.2. The molecule has 0 bridgehead atoms. The standard InChI is InChI=1S/C41H46N6O6/c1-40(2,3)52-38(48)46-13-7-8-31(46)36-42-18-29(44-36)22-9-11-25-27-21-51-35-17-23(10-12-26(35)28(27)20-50-34(25)16-22)30-19-43-37(45-30)33-15-24-14-32(24)47(33)39(49)53-41(4,5)6/h9-12,16-19,24,31-33H,7-8,13-15,20-21H2,1-6H3,(H,42,44)(H,43,45)/t24-,31+,32?,33+/m1/s1. The van der Waals surface area contributed by atoms with E-state index in [4.69, 9.17) is 23.9 Å². The van der Waals surface area contributed by atoms with E-state index in [0.717, 1.165) is 93.6 Å². The first-order valence-corrected chi connectivity index (χ1v) is 18.7. The minimum Gasteiger partial charge on any atom is -0.488 e. The Bertz CT molecular complexity index is 2150. The second kappa shape index (κ2) is 12.1. The zero-order valence-electron chi connectivity index (χ0n) is 31.1. The number of nitrogens with zero attached hydrogens (tertiary/aromatic N) is 4. The lowest BCUT2D eigenvalue weighted by molar-refractivity contribution is 0.0172. The van der Waals surface area contributed by atoms with Gasteiger partial charge in [-0.2, -0.15) is 0 Å². The highest BCUT2D eigenvalue weighted by molar-refractivity contribution is 5.98. The highest BCUT2D eigenvalue weighted by atomic mass is 16.6. The molecule has 0 radical (unpaired) electrons. The van der Waals surface area contributed by atoms with E-state index in [1.165, 1.54) is 0 Å². The second-order valence-electron chi connectivity index (χ2n) is 16.9. The Morgan fingerprint density at radius 2 is 1.30 bits per heavy atom. The van der Waals surface area contributed by atoms with Gasteiger partial charge in [0.1, 0.15) is 47.6 Å². The molecule has 3 fully saturated rings. The predicted molar refractivity (Wildman–Crippen MR) is 198 cm³/mol. The number of H-pyrrole nitrogens is 2. The number of nitrogens with one attached hydrogen (secondary N) is 2. The van der Waals surface area contributed by atoms with Gasteiger partial charge in [0, 0.05) is 46.0 Å². The summed E-state index contributed by atoms with van der Waals surface area (Å²) in [5.41, 5.74) is 6.82. The lowest BCUT2D eigenvalue weighted by Crippen LogP contribution is -2.38. The number of piperidine rings is 1. The Balaban J connectivity index is 0.921. The third-order valence-corrected chi connectivity index (χ3v) is 10.8. The van der Waals surface area contributed by atoms with Gasteiger partial charge in [0.2, 0.25) is 0 Å². The van der Waals surface area contributed by atoms with Crippen molar-refractivity contribution < 1.29 is 28.5 Å². The fourth-order valence-corrected chi connectivity index (χ4v) is 8.25.